The van der Waals surface area contributed by atoms with E-state index in [1.54, 1.807) is 13.2 Å². The van der Waals surface area contributed by atoms with Gasteiger partial charge in [-0.15, -0.1) is 12.4 Å². The maximum Gasteiger partial charge on any atom is 0.137 e. The number of hydrogen-bond acceptors (Lipinski definition) is 3. The molecule has 1 unspecified atom stereocenters. The predicted molar refractivity (Wildman–Crippen MR) is 70.0 cm³/mol. The number of nitrogens with zero attached hydrogens (tertiary/aromatic N) is 1. The molecule has 0 aromatic carbocycles. The molecule has 1 aromatic rings. The largest absolute Gasteiger partial charge is 0.496 e. The SMILES string of the molecule is CCC(N)Cc1c(OC)cc(Cl)nc1Cl.Cl. The predicted octanol–water partition coefficient (Wildman–Crippen LogP) is 3.10. The van der Waals surface area contributed by atoms with Crippen molar-refractivity contribution in [3.05, 3.63) is 21.9 Å². The number of hydrogen-bond donors (Lipinski definition) is 1. The van der Waals surface area contributed by atoms with E-state index in [9.17, 15) is 0 Å². The van der Waals surface area contributed by atoms with Crippen LogP contribution in [-0.2, 0) is 6.42 Å². The monoisotopic (exact) mass is 284 g/mol. The Balaban J connectivity index is 0.00000225. The summed E-state index contributed by atoms with van der Waals surface area (Å²) in [6, 6.07) is 1.70. The van der Waals surface area contributed by atoms with Crippen LogP contribution in [0.5, 0.6) is 5.75 Å². The van der Waals surface area contributed by atoms with Gasteiger partial charge in [-0.3, -0.25) is 0 Å². The fourth-order valence-electron chi connectivity index (χ4n) is 1.26. The lowest BCUT2D eigenvalue weighted by atomic mass is 10.1. The molecule has 0 saturated carbocycles. The van der Waals surface area contributed by atoms with Gasteiger partial charge in [0.25, 0.3) is 0 Å². The number of aromatic nitrogens is 1. The number of methoxy groups -OCH3 is 1. The lowest BCUT2D eigenvalue weighted by Gasteiger charge is -2.13. The molecule has 0 aliphatic heterocycles. The summed E-state index contributed by atoms with van der Waals surface area (Å²) in [5, 5.41) is 0.689. The average Bonchev–Trinajstić information content (AvgIpc) is 2.21. The second-order valence-corrected chi connectivity index (χ2v) is 4.03. The third-order valence-corrected chi connectivity index (χ3v) is 2.72. The molecule has 0 fully saturated rings. The van der Waals surface area contributed by atoms with Crippen molar-refractivity contribution in [3.63, 3.8) is 0 Å². The quantitative estimate of drug-likeness (QED) is 0.865. The summed E-state index contributed by atoms with van der Waals surface area (Å²) in [7, 11) is 1.57. The first kappa shape index (κ1) is 15.8. The van der Waals surface area contributed by atoms with E-state index in [4.69, 9.17) is 33.7 Å². The highest BCUT2D eigenvalue weighted by Crippen LogP contribution is 2.29. The molecular formula is C10H15Cl3N2O. The van der Waals surface area contributed by atoms with Gasteiger partial charge in [-0.1, -0.05) is 30.1 Å². The first-order valence-electron chi connectivity index (χ1n) is 4.73. The average molecular weight is 286 g/mol. The van der Waals surface area contributed by atoms with E-state index in [2.05, 4.69) is 4.98 Å². The van der Waals surface area contributed by atoms with Crippen LogP contribution >= 0.6 is 35.6 Å². The zero-order chi connectivity index (χ0) is 11.4. The fourth-order valence-corrected chi connectivity index (χ4v) is 1.75. The van der Waals surface area contributed by atoms with Gasteiger partial charge in [0.15, 0.2) is 0 Å². The van der Waals surface area contributed by atoms with Crippen molar-refractivity contribution in [1.29, 1.82) is 0 Å². The van der Waals surface area contributed by atoms with E-state index >= 15 is 0 Å². The minimum atomic E-state index is 0. The highest BCUT2D eigenvalue weighted by molar-refractivity contribution is 6.33. The molecule has 0 aliphatic rings. The molecule has 1 heterocycles. The minimum Gasteiger partial charge on any atom is -0.496 e. The van der Waals surface area contributed by atoms with Gasteiger partial charge in [0.05, 0.1) is 7.11 Å². The Morgan fingerprint density at radius 1 is 1.50 bits per heavy atom. The lowest BCUT2D eigenvalue weighted by Crippen LogP contribution is -2.22. The first-order valence-corrected chi connectivity index (χ1v) is 5.48. The van der Waals surface area contributed by atoms with Crippen molar-refractivity contribution < 1.29 is 4.74 Å². The second kappa shape index (κ2) is 7.17. The molecule has 6 heteroatoms. The Labute approximate surface area is 112 Å². The van der Waals surface area contributed by atoms with E-state index in [-0.39, 0.29) is 18.4 Å². The van der Waals surface area contributed by atoms with Gasteiger partial charge in [0.1, 0.15) is 16.1 Å². The van der Waals surface area contributed by atoms with Gasteiger partial charge in [0.2, 0.25) is 0 Å². The molecule has 3 nitrogen and oxygen atoms in total. The molecule has 0 aliphatic carbocycles. The van der Waals surface area contributed by atoms with Gasteiger partial charge >= 0.3 is 0 Å². The summed E-state index contributed by atoms with van der Waals surface area (Å²) >= 11 is 11.7. The molecule has 92 valence electrons. The maximum absolute atomic E-state index is 5.98. The summed E-state index contributed by atoms with van der Waals surface area (Å²) in [6.07, 6.45) is 1.52. The molecule has 0 bridgehead atoms. The molecule has 0 amide bonds. The highest BCUT2D eigenvalue weighted by atomic mass is 35.5. The van der Waals surface area contributed by atoms with Crippen LogP contribution in [0.1, 0.15) is 18.9 Å². The topological polar surface area (TPSA) is 48.1 Å². The van der Waals surface area contributed by atoms with E-state index in [0.29, 0.717) is 22.5 Å². The molecular weight excluding hydrogens is 270 g/mol. The molecule has 0 spiro atoms. The van der Waals surface area contributed by atoms with Crippen molar-refractivity contribution in [2.75, 3.05) is 7.11 Å². The van der Waals surface area contributed by atoms with Crippen molar-refractivity contribution in [2.24, 2.45) is 5.73 Å². The van der Waals surface area contributed by atoms with E-state index in [1.165, 1.54) is 0 Å². The van der Waals surface area contributed by atoms with Gasteiger partial charge in [0, 0.05) is 17.7 Å². The molecule has 1 aromatic heterocycles. The zero-order valence-electron chi connectivity index (χ0n) is 9.17. The van der Waals surface area contributed by atoms with E-state index in [0.717, 1.165) is 12.0 Å². The standard InChI is InChI=1S/C10H14Cl2N2O.ClH/c1-3-6(13)4-7-8(15-2)5-9(11)14-10(7)12;/h5-6H,3-4,13H2,1-2H3;1H. The van der Waals surface area contributed by atoms with Gasteiger partial charge in [-0.2, -0.15) is 0 Å². The smallest absolute Gasteiger partial charge is 0.137 e. The van der Waals surface area contributed by atoms with Crippen LogP contribution < -0.4 is 10.5 Å². The summed E-state index contributed by atoms with van der Waals surface area (Å²) in [4.78, 5) is 3.96. The van der Waals surface area contributed by atoms with Gasteiger partial charge in [-0.25, -0.2) is 4.98 Å². The number of rotatable bonds is 4. The number of nitrogens with two attached hydrogens (primary N) is 1. The molecule has 1 rings (SSSR count). The Kier molecular flexibility index (Phi) is 7.07. The summed E-state index contributed by atoms with van der Waals surface area (Å²) < 4.78 is 5.19. The van der Waals surface area contributed by atoms with Gasteiger partial charge in [-0.05, 0) is 12.8 Å². The van der Waals surface area contributed by atoms with Crippen LogP contribution in [0.3, 0.4) is 0 Å². The summed E-state index contributed by atoms with van der Waals surface area (Å²) in [6.45, 7) is 2.02. The Bertz CT molecular complexity index is 347. The van der Waals surface area contributed by atoms with Crippen LogP contribution in [0.4, 0.5) is 0 Å². The first-order chi connectivity index (χ1) is 7.08. The third kappa shape index (κ3) is 3.98. The number of halogens is 3. The lowest BCUT2D eigenvalue weighted by molar-refractivity contribution is 0.407. The van der Waals surface area contributed by atoms with Crippen molar-refractivity contribution in [1.82, 2.24) is 4.98 Å². The van der Waals surface area contributed by atoms with Crippen LogP contribution in [-0.4, -0.2) is 18.1 Å². The van der Waals surface area contributed by atoms with Crippen LogP contribution in [0.15, 0.2) is 6.07 Å². The Morgan fingerprint density at radius 3 is 2.62 bits per heavy atom. The number of pyridine rings is 1. The molecule has 16 heavy (non-hydrogen) atoms. The van der Waals surface area contributed by atoms with Gasteiger partial charge < -0.3 is 10.5 Å². The summed E-state index contributed by atoms with van der Waals surface area (Å²) in [5.74, 6) is 0.643. The second-order valence-electron chi connectivity index (χ2n) is 3.29. The maximum atomic E-state index is 5.98. The minimum absolute atomic E-state index is 0. The molecule has 2 N–H and O–H groups in total. The van der Waals surface area contributed by atoms with Crippen molar-refractivity contribution in [2.45, 2.75) is 25.8 Å². The highest BCUT2D eigenvalue weighted by Gasteiger charge is 2.13. The summed E-state index contributed by atoms with van der Waals surface area (Å²) in [5.41, 5.74) is 6.68. The van der Waals surface area contributed by atoms with Crippen LogP contribution in [0, 0.1) is 0 Å². The molecule has 0 radical (unpaired) electrons. The Hall–Kier alpha value is -0.220. The van der Waals surface area contributed by atoms with Crippen molar-refractivity contribution in [3.8, 4) is 5.75 Å². The fraction of sp³-hybridized carbons (Fsp3) is 0.500. The molecule has 1 atom stereocenters. The third-order valence-electron chi connectivity index (χ3n) is 2.21. The zero-order valence-corrected chi connectivity index (χ0v) is 11.5. The number of ether oxygens (including phenoxy) is 1. The van der Waals surface area contributed by atoms with Crippen LogP contribution in [0.25, 0.3) is 0 Å². The normalized spacial score (nSPS) is 11.8. The van der Waals surface area contributed by atoms with Crippen molar-refractivity contribution >= 4 is 35.6 Å². The van der Waals surface area contributed by atoms with E-state index in [1.807, 2.05) is 6.92 Å². The van der Waals surface area contributed by atoms with E-state index < -0.39 is 0 Å². The van der Waals surface area contributed by atoms with Crippen LogP contribution in [0.2, 0.25) is 10.3 Å². The molecule has 0 saturated heterocycles. The Morgan fingerprint density at radius 2 is 2.12 bits per heavy atom.